The first-order valence-electron chi connectivity index (χ1n) is 7.91. The van der Waals surface area contributed by atoms with Crippen LogP contribution < -0.4 is 14.8 Å². The Morgan fingerprint density at radius 1 is 1.30 bits per heavy atom. The quantitative estimate of drug-likeness (QED) is 0.712. The van der Waals surface area contributed by atoms with Gasteiger partial charge in [-0.2, -0.15) is 0 Å². The van der Waals surface area contributed by atoms with Gasteiger partial charge in [-0.1, -0.05) is 0 Å². The van der Waals surface area contributed by atoms with E-state index in [2.05, 4.69) is 14.8 Å². The predicted octanol–water partition coefficient (Wildman–Crippen LogP) is 1.50. The second kappa shape index (κ2) is 9.58. The molecule has 0 bridgehead atoms. The van der Waals surface area contributed by atoms with Gasteiger partial charge in [0, 0.05) is 19.1 Å². The minimum Gasteiger partial charge on any atom is -0.406 e. The molecular formula is C15H21ClF3N3O4S. The summed E-state index contributed by atoms with van der Waals surface area (Å²) in [6, 6.07) is 3.92. The monoisotopic (exact) mass is 431 g/mol. The van der Waals surface area contributed by atoms with E-state index in [4.69, 9.17) is 0 Å². The van der Waals surface area contributed by atoms with E-state index in [1.807, 2.05) is 0 Å². The van der Waals surface area contributed by atoms with Crippen molar-refractivity contribution >= 4 is 28.3 Å². The second-order valence-corrected chi connectivity index (χ2v) is 7.58. The Kier molecular flexibility index (Phi) is 8.33. The highest BCUT2D eigenvalue weighted by Gasteiger charge is 2.31. The number of halogens is 4. The van der Waals surface area contributed by atoms with Crippen molar-refractivity contribution < 1.29 is 31.1 Å². The van der Waals surface area contributed by atoms with E-state index in [9.17, 15) is 26.4 Å². The predicted molar refractivity (Wildman–Crippen MR) is 94.2 cm³/mol. The van der Waals surface area contributed by atoms with Crippen LogP contribution in [0.2, 0.25) is 0 Å². The molecular weight excluding hydrogens is 411 g/mol. The summed E-state index contributed by atoms with van der Waals surface area (Å²) in [6.45, 7) is 0.641. The van der Waals surface area contributed by atoms with Crippen molar-refractivity contribution in [1.82, 2.24) is 14.9 Å². The van der Waals surface area contributed by atoms with E-state index in [1.165, 1.54) is 0 Å². The Bertz CT molecular complexity index is 729. The lowest BCUT2D eigenvalue weighted by molar-refractivity contribution is -0.274. The molecule has 1 aliphatic rings. The number of benzene rings is 1. The van der Waals surface area contributed by atoms with Crippen LogP contribution in [0.1, 0.15) is 12.8 Å². The number of piperidine rings is 1. The Hall–Kier alpha value is -1.56. The number of hydrogen-bond donors (Lipinski definition) is 2. The van der Waals surface area contributed by atoms with Gasteiger partial charge in [0.2, 0.25) is 15.9 Å². The number of rotatable bonds is 6. The Balaban J connectivity index is 0.00000364. The molecule has 7 nitrogen and oxygen atoms in total. The van der Waals surface area contributed by atoms with E-state index >= 15 is 0 Å². The lowest BCUT2D eigenvalue weighted by atomic mass is 10.1. The molecule has 1 atom stereocenters. The topological polar surface area (TPSA) is 87.7 Å². The number of amides is 1. The molecule has 0 radical (unpaired) electrons. The number of nitrogens with one attached hydrogen (secondary N) is 2. The van der Waals surface area contributed by atoms with E-state index in [1.54, 1.807) is 11.9 Å². The molecule has 0 spiro atoms. The van der Waals surface area contributed by atoms with Gasteiger partial charge in [-0.25, -0.2) is 13.1 Å². The van der Waals surface area contributed by atoms with Crippen LogP contribution in [0, 0.1) is 0 Å². The van der Waals surface area contributed by atoms with Crippen LogP contribution >= 0.6 is 12.4 Å². The summed E-state index contributed by atoms with van der Waals surface area (Å²) in [5.74, 6) is -0.885. The molecule has 1 aliphatic heterocycles. The van der Waals surface area contributed by atoms with Crippen LogP contribution in [-0.4, -0.2) is 58.3 Å². The van der Waals surface area contributed by atoms with E-state index < -0.39 is 28.7 Å². The molecule has 1 aromatic rings. The zero-order valence-corrected chi connectivity index (χ0v) is 16.1. The van der Waals surface area contributed by atoms with Crippen LogP contribution in [0.15, 0.2) is 29.2 Å². The first kappa shape index (κ1) is 23.5. The summed E-state index contributed by atoms with van der Waals surface area (Å²) in [6.07, 6.45) is -3.09. The number of ether oxygens (including phenoxy) is 1. The summed E-state index contributed by atoms with van der Waals surface area (Å²) < 4.78 is 66.6. The van der Waals surface area contributed by atoms with Gasteiger partial charge < -0.3 is 15.0 Å². The van der Waals surface area contributed by atoms with Crippen molar-refractivity contribution in [2.75, 3.05) is 26.7 Å². The third-order valence-electron chi connectivity index (χ3n) is 3.96. The molecule has 1 heterocycles. The maximum Gasteiger partial charge on any atom is 0.573 e. The number of nitrogens with zero attached hydrogens (tertiary/aromatic N) is 1. The molecule has 0 aromatic heterocycles. The average molecular weight is 432 g/mol. The maximum atomic E-state index is 12.2. The molecule has 0 saturated carbocycles. The van der Waals surface area contributed by atoms with Gasteiger partial charge in [0.15, 0.2) is 0 Å². The van der Waals surface area contributed by atoms with Crippen LogP contribution in [0.4, 0.5) is 13.2 Å². The molecule has 1 saturated heterocycles. The van der Waals surface area contributed by atoms with Gasteiger partial charge in [0.25, 0.3) is 0 Å². The van der Waals surface area contributed by atoms with Gasteiger partial charge in [0.05, 0.1) is 11.4 Å². The molecule has 12 heteroatoms. The maximum absolute atomic E-state index is 12.2. The fourth-order valence-electron chi connectivity index (χ4n) is 2.61. The Morgan fingerprint density at radius 2 is 1.93 bits per heavy atom. The number of hydrogen-bond acceptors (Lipinski definition) is 5. The standard InChI is InChI=1S/C15H20F3N3O4S.ClH/c1-19-11-3-2-8-21(10-11)14(22)9-20-26(23,24)13-6-4-12(5-7-13)25-15(16,17)18;/h4-7,11,19-20H,2-3,8-10H2,1H3;1H. The first-order chi connectivity index (χ1) is 12.1. The van der Waals surface area contributed by atoms with Crippen molar-refractivity contribution in [3.8, 4) is 5.75 Å². The largest absolute Gasteiger partial charge is 0.573 e. The van der Waals surface area contributed by atoms with Crippen LogP contribution in [-0.2, 0) is 14.8 Å². The van der Waals surface area contributed by atoms with Crippen molar-refractivity contribution in [1.29, 1.82) is 0 Å². The number of likely N-dealkylation sites (N-methyl/N-ethyl adjacent to an activating group) is 1. The summed E-state index contributed by atoms with van der Waals surface area (Å²) in [5.41, 5.74) is 0. The van der Waals surface area contributed by atoms with E-state index in [-0.39, 0.29) is 29.3 Å². The fraction of sp³-hybridized carbons (Fsp3) is 0.533. The van der Waals surface area contributed by atoms with Crippen LogP contribution in [0.5, 0.6) is 5.75 Å². The molecule has 2 N–H and O–H groups in total. The molecule has 1 unspecified atom stereocenters. The fourth-order valence-corrected chi connectivity index (χ4v) is 3.59. The molecule has 2 rings (SSSR count). The average Bonchev–Trinajstić information content (AvgIpc) is 2.59. The van der Waals surface area contributed by atoms with Crippen molar-refractivity contribution in [3.63, 3.8) is 0 Å². The number of sulfonamides is 1. The SMILES string of the molecule is CNC1CCCN(C(=O)CNS(=O)(=O)c2ccc(OC(F)(F)F)cc2)C1.Cl. The second-order valence-electron chi connectivity index (χ2n) is 5.81. The van der Waals surface area contributed by atoms with E-state index in [0.717, 1.165) is 37.1 Å². The zero-order chi connectivity index (χ0) is 19.4. The highest BCUT2D eigenvalue weighted by atomic mass is 35.5. The van der Waals surface area contributed by atoms with Gasteiger partial charge >= 0.3 is 6.36 Å². The Morgan fingerprint density at radius 3 is 2.48 bits per heavy atom. The minimum absolute atomic E-state index is 0. The number of alkyl halides is 3. The molecule has 1 amide bonds. The summed E-state index contributed by atoms with van der Waals surface area (Å²) in [7, 11) is -2.22. The lowest BCUT2D eigenvalue weighted by Crippen LogP contribution is -2.49. The van der Waals surface area contributed by atoms with Crippen molar-refractivity contribution in [3.05, 3.63) is 24.3 Å². The Labute approximate surface area is 161 Å². The third-order valence-corrected chi connectivity index (χ3v) is 5.38. The molecule has 1 aromatic carbocycles. The highest BCUT2D eigenvalue weighted by molar-refractivity contribution is 7.89. The first-order valence-corrected chi connectivity index (χ1v) is 9.39. The van der Waals surface area contributed by atoms with Gasteiger partial charge in [-0.15, -0.1) is 25.6 Å². The summed E-state index contributed by atoms with van der Waals surface area (Å²) in [4.78, 5) is 13.5. The van der Waals surface area contributed by atoms with E-state index in [0.29, 0.717) is 13.1 Å². The lowest BCUT2D eigenvalue weighted by Gasteiger charge is -2.32. The zero-order valence-electron chi connectivity index (χ0n) is 14.5. The molecule has 0 aliphatic carbocycles. The normalized spacial score (nSPS) is 17.9. The van der Waals surface area contributed by atoms with Gasteiger partial charge in [-0.05, 0) is 44.2 Å². The number of carbonyl (C=O) groups excluding carboxylic acids is 1. The summed E-state index contributed by atoms with van der Waals surface area (Å²) >= 11 is 0. The van der Waals surface area contributed by atoms with Crippen molar-refractivity contribution in [2.45, 2.75) is 30.1 Å². The number of likely N-dealkylation sites (tertiary alicyclic amines) is 1. The third kappa shape index (κ3) is 7.17. The van der Waals surface area contributed by atoms with Crippen molar-refractivity contribution in [2.24, 2.45) is 0 Å². The molecule has 1 fully saturated rings. The van der Waals surface area contributed by atoms with Gasteiger partial charge in [0.1, 0.15) is 5.75 Å². The molecule has 154 valence electrons. The van der Waals surface area contributed by atoms with Crippen LogP contribution in [0.25, 0.3) is 0 Å². The summed E-state index contributed by atoms with van der Waals surface area (Å²) in [5, 5.41) is 3.08. The smallest absolute Gasteiger partial charge is 0.406 e. The van der Waals surface area contributed by atoms with Crippen LogP contribution in [0.3, 0.4) is 0 Å². The highest BCUT2D eigenvalue weighted by Crippen LogP contribution is 2.23. The van der Waals surface area contributed by atoms with Gasteiger partial charge in [-0.3, -0.25) is 4.79 Å². The number of carbonyl (C=O) groups is 1. The molecule has 27 heavy (non-hydrogen) atoms. The minimum atomic E-state index is -4.86.